The van der Waals surface area contributed by atoms with Crippen LogP contribution in [0.4, 0.5) is 0 Å². The van der Waals surface area contributed by atoms with Crippen LogP contribution >= 0.6 is 0 Å². The summed E-state index contributed by atoms with van der Waals surface area (Å²) in [6.45, 7) is 5.78. The van der Waals surface area contributed by atoms with E-state index in [2.05, 4.69) is 175 Å². The summed E-state index contributed by atoms with van der Waals surface area (Å²) >= 11 is 0. The van der Waals surface area contributed by atoms with Crippen molar-refractivity contribution in [1.29, 1.82) is 0 Å². The van der Waals surface area contributed by atoms with E-state index in [4.69, 9.17) is 4.99 Å². The fourth-order valence-electron chi connectivity index (χ4n) is 11.6. The average molecular weight is 696 g/mol. The van der Waals surface area contributed by atoms with Crippen LogP contribution in [-0.2, 0) is 5.41 Å². The number of aromatic nitrogens is 2. The van der Waals surface area contributed by atoms with Gasteiger partial charge in [-0.05, 0) is 111 Å². The third-order valence-corrected chi connectivity index (χ3v) is 14.0. The highest BCUT2D eigenvalue weighted by molar-refractivity contribution is 6.27. The maximum absolute atomic E-state index is 5.20. The molecule has 1 fully saturated rings. The van der Waals surface area contributed by atoms with Crippen LogP contribution in [0.3, 0.4) is 0 Å². The molecule has 54 heavy (non-hydrogen) atoms. The summed E-state index contributed by atoms with van der Waals surface area (Å²) in [6.07, 6.45) is 6.94. The lowest BCUT2D eigenvalue weighted by Crippen LogP contribution is -2.32. The molecule has 12 rings (SSSR count). The van der Waals surface area contributed by atoms with E-state index in [-0.39, 0.29) is 5.41 Å². The first kappa shape index (κ1) is 30.5. The van der Waals surface area contributed by atoms with Gasteiger partial charge in [-0.1, -0.05) is 123 Å². The lowest BCUT2D eigenvalue weighted by atomic mass is 9.68. The van der Waals surface area contributed by atoms with Crippen molar-refractivity contribution in [3.63, 3.8) is 0 Å². The molecule has 260 valence electrons. The van der Waals surface area contributed by atoms with E-state index in [0.29, 0.717) is 23.8 Å². The number of hydrogen-bond donors (Lipinski definition) is 0. The summed E-state index contributed by atoms with van der Waals surface area (Å²) in [4.78, 5) is 5.20. The Kier molecular flexibility index (Phi) is 6.25. The molecule has 3 nitrogen and oxygen atoms in total. The molecule has 1 aliphatic heterocycles. The van der Waals surface area contributed by atoms with Gasteiger partial charge >= 0.3 is 0 Å². The van der Waals surface area contributed by atoms with E-state index < -0.39 is 0 Å². The molecule has 0 saturated heterocycles. The van der Waals surface area contributed by atoms with Crippen LogP contribution < -0.4 is 0 Å². The standard InChI is InChI=1S/C51H41N3/c1-31-32(2)44(25-23-36(31)33-19-21-35(22-20-33)53-30-28-34-11-3-9-17-45(34)53)54-46-18-10-6-14-39(46)48-47(54)26-24-40-49(48)51(43-27-29-52-50(40)43)41-15-7-4-12-37(41)38-13-5-8-16-42(38)51/h3-22,24,26-28,30-32,36,44H,23,25,29H2,1-2H3/t31?,32-,36?,44?/m1/s1. The van der Waals surface area contributed by atoms with Crippen molar-refractivity contribution >= 4 is 38.4 Å². The molecule has 3 heteroatoms. The molecule has 0 bridgehead atoms. The minimum Gasteiger partial charge on any atom is -0.337 e. The second-order valence-electron chi connectivity index (χ2n) is 16.2. The maximum Gasteiger partial charge on any atom is 0.0745 e. The van der Waals surface area contributed by atoms with Crippen LogP contribution in [0.25, 0.3) is 49.5 Å². The monoisotopic (exact) mass is 695 g/mol. The van der Waals surface area contributed by atoms with Crippen molar-refractivity contribution in [2.45, 2.75) is 44.1 Å². The Labute approximate surface area is 315 Å². The normalized spacial score (nSPS) is 22.0. The zero-order chi connectivity index (χ0) is 35.7. The third kappa shape index (κ3) is 3.79. The highest BCUT2D eigenvalue weighted by atomic mass is 15.0. The number of nitrogens with zero attached hydrogens (tertiary/aromatic N) is 3. The Morgan fingerprint density at radius 2 is 1.31 bits per heavy atom. The van der Waals surface area contributed by atoms with Crippen LogP contribution in [0.15, 0.2) is 162 Å². The molecule has 1 saturated carbocycles. The average Bonchev–Trinajstić information content (AvgIpc) is 4.04. The van der Waals surface area contributed by atoms with E-state index in [0.717, 1.165) is 13.0 Å². The summed E-state index contributed by atoms with van der Waals surface area (Å²) < 4.78 is 5.07. The first-order chi connectivity index (χ1) is 26.6. The van der Waals surface area contributed by atoms with Crippen molar-refractivity contribution in [3.8, 4) is 16.8 Å². The van der Waals surface area contributed by atoms with Crippen molar-refractivity contribution in [2.75, 3.05) is 6.54 Å². The largest absolute Gasteiger partial charge is 0.337 e. The fraction of sp³-hybridized carbons (Fsp3) is 0.196. The van der Waals surface area contributed by atoms with Gasteiger partial charge in [0.1, 0.15) is 0 Å². The van der Waals surface area contributed by atoms with Crippen LogP contribution in [0.2, 0.25) is 0 Å². The topological polar surface area (TPSA) is 22.2 Å². The molecule has 0 N–H and O–H groups in total. The molecule has 3 unspecified atom stereocenters. The second kappa shape index (κ2) is 11.1. The van der Waals surface area contributed by atoms with E-state index in [1.54, 1.807) is 0 Å². The molecule has 0 radical (unpaired) electrons. The Balaban J connectivity index is 0.993. The summed E-state index contributed by atoms with van der Waals surface area (Å²) in [5, 5.41) is 4.05. The first-order valence-corrected chi connectivity index (χ1v) is 19.8. The van der Waals surface area contributed by atoms with Crippen molar-refractivity contribution in [3.05, 3.63) is 185 Å². The van der Waals surface area contributed by atoms with Crippen LogP contribution in [0, 0.1) is 11.8 Å². The van der Waals surface area contributed by atoms with Gasteiger partial charge in [-0.2, -0.15) is 0 Å². The molecule has 4 aliphatic rings. The van der Waals surface area contributed by atoms with Gasteiger partial charge in [0.05, 0.1) is 23.2 Å². The van der Waals surface area contributed by atoms with Crippen LogP contribution in [0.1, 0.15) is 66.5 Å². The zero-order valence-corrected chi connectivity index (χ0v) is 30.7. The third-order valence-electron chi connectivity index (χ3n) is 14.0. The van der Waals surface area contributed by atoms with Crippen LogP contribution in [0.5, 0.6) is 0 Å². The van der Waals surface area contributed by atoms with Crippen molar-refractivity contribution < 1.29 is 0 Å². The van der Waals surface area contributed by atoms with Gasteiger partial charge in [0, 0.05) is 45.3 Å². The van der Waals surface area contributed by atoms with Gasteiger partial charge in [-0.3, -0.25) is 4.99 Å². The molecule has 4 atom stereocenters. The molecule has 2 aromatic heterocycles. The number of aliphatic imine (C=N–C) groups is 1. The van der Waals surface area contributed by atoms with Gasteiger partial charge in [-0.15, -0.1) is 0 Å². The van der Waals surface area contributed by atoms with Gasteiger partial charge in [0.2, 0.25) is 0 Å². The van der Waals surface area contributed by atoms with Crippen molar-refractivity contribution in [2.24, 2.45) is 16.8 Å². The number of allylic oxidation sites excluding steroid dienone is 1. The molecule has 3 heterocycles. The molecule has 8 aromatic rings. The smallest absolute Gasteiger partial charge is 0.0745 e. The second-order valence-corrected chi connectivity index (χ2v) is 16.2. The van der Waals surface area contributed by atoms with E-state index in [1.807, 2.05) is 0 Å². The summed E-state index contributed by atoms with van der Waals surface area (Å²) in [5.74, 6) is 1.56. The Bertz CT molecular complexity index is 2870. The van der Waals surface area contributed by atoms with Gasteiger partial charge in [0.25, 0.3) is 0 Å². The van der Waals surface area contributed by atoms with Gasteiger partial charge in [-0.25, -0.2) is 0 Å². The number of benzene rings is 6. The number of rotatable bonds is 3. The van der Waals surface area contributed by atoms with E-state index >= 15 is 0 Å². The molecule has 3 aliphatic carbocycles. The lowest BCUT2D eigenvalue weighted by molar-refractivity contribution is 0.166. The van der Waals surface area contributed by atoms with E-state index in [1.165, 1.54) is 95.0 Å². The van der Waals surface area contributed by atoms with Crippen LogP contribution in [-0.4, -0.2) is 21.4 Å². The number of fused-ring (bicyclic) bond motifs is 15. The Morgan fingerprint density at radius 1 is 0.611 bits per heavy atom. The fourth-order valence-corrected chi connectivity index (χ4v) is 11.6. The Hall–Kier alpha value is -5.93. The summed E-state index contributed by atoms with van der Waals surface area (Å²) in [7, 11) is 0. The number of para-hydroxylation sites is 2. The molecular formula is C51H41N3. The molecule has 0 amide bonds. The zero-order valence-electron chi connectivity index (χ0n) is 30.7. The minimum absolute atomic E-state index is 0.373. The summed E-state index contributed by atoms with van der Waals surface area (Å²) in [5.41, 5.74) is 17.1. The summed E-state index contributed by atoms with van der Waals surface area (Å²) in [6, 6.07) is 53.1. The van der Waals surface area contributed by atoms with Crippen molar-refractivity contribution in [1.82, 2.24) is 9.13 Å². The number of hydrogen-bond acceptors (Lipinski definition) is 1. The van der Waals surface area contributed by atoms with Gasteiger partial charge in [0.15, 0.2) is 0 Å². The quantitative estimate of drug-likeness (QED) is 0.176. The lowest BCUT2D eigenvalue weighted by Gasteiger charge is -2.41. The SMILES string of the molecule is CC1C(c2ccc(-n3ccc4ccccc43)cc2)CCC(n2c3ccccc3c3c4c(ccc32)C2=NCC=C2C42c3ccccc3-c3ccccc32)[C@@H]1C. The Morgan fingerprint density at radius 3 is 2.11 bits per heavy atom. The molecular weight excluding hydrogens is 655 g/mol. The highest BCUT2D eigenvalue weighted by Gasteiger charge is 2.56. The predicted octanol–water partition coefficient (Wildman–Crippen LogP) is 12.2. The maximum atomic E-state index is 5.20. The molecule has 1 spiro atoms. The highest BCUT2D eigenvalue weighted by Crippen LogP contribution is 2.63. The first-order valence-electron chi connectivity index (χ1n) is 19.8. The molecule has 6 aromatic carbocycles. The minimum atomic E-state index is -0.373. The van der Waals surface area contributed by atoms with E-state index in [9.17, 15) is 0 Å². The predicted molar refractivity (Wildman–Crippen MR) is 223 cm³/mol. The van der Waals surface area contributed by atoms with Gasteiger partial charge < -0.3 is 9.13 Å².